The molecular weight excluding hydrogens is 325 g/mol. The fourth-order valence-corrected chi connectivity index (χ4v) is 4.29. The van der Waals surface area contributed by atoms with E-state index in [1.54, 1.807) is 30.3 Å². The van der Waals surface area contributed by atoms with E-state index >= 15 is 0 Å². The summed E-state index contributed by atoms with van der Waals surface area (Å²) in [5, 5.41) is 0.231. The molecule has 0 spiro atoms. The summed E-state index contributed by atoms with van der Waals surface area (Å²) in [4.78, 5) is 0. The van der Waals surface area contributed by atoms with Gasteiger partial charge in [-0.2, -0.15) is 0 Å². The SMILES string of the molecule is C=Cc1ccc(NS(=O)(=O)c2cc(Cl)c(Cl)s2)cc1. The van der Waals surface area contributed by atoms with E-state index in [2.05, 4.69) is 11.3 Å². The van der Waals surface area contributed by atoms with E-state index in [9.17, 15) is 8.42 Å². The molecule has 0 amide bonds. The van der Waals surface area contributed by atoms with Crippen molar-refractivity contribution in [2.45, 2.75) is 4.21 Å². The number of thiophene rings is 1. The number of hydrogen-bond donors (Lipinski definition) is 1. The lowest BCUT2D eigenvalue weighted by Crippen LogP contribution is -2.11. The molecule has 0 radical (unpaired) electrons. The Labute approximate surface area is 125 Å². The molecule has 0 atom stereocenters. The van der Waals surface area contributed by atoms with Gasteiger partial charge in [-0.15, -0.1) is 11.3 Å². The van der Waals surface area contributed by atoms with Crippen LogP contribution in [0.25, 0.3) is 6.08 Å². The van der Waals surface area contributed by atoms with Gasteiger partial charge in [-0.05, 0) is 23.8 Å². The molecule has 0 aliphatic carbocycles. The summed E-state index contributed by atoms with van der Waals surface area (Å²) >= 11 is 12.4. The monoisotopic (exact) mass is 333 g/mol. The molecule has 0 aliphatic heterocycles. The number of sulfonamides is 1. The van der Waals surface area contributed by atoms with E-state index in [1.165, 1.54) is 6.07 Å². The van der Waals surface area contributed by atoms with Crippen molar-refractivity contribution >= 4 is 56.3 Å². The van der Waals surface area contributed by atoms with E-state index in [4.69, 9.17) is 23.2 Å². The van der Waals surface area contributed by atoms with Crippen molar-refractivity contribution in [3.8, 4) is 0 Å². The number of anilines is 1. The maximum Gasteiger partial charge on any atom is 0.271 e. The second kappa shape index (κ2) is 5.54. The summed E-state index contributed by atoms with van der Waals surface area (Å²) in [6.45, 7) is 3.63. The Hall–Kier alpha value is -1.01. The highest BCUT2D eigenvalue weighted by molar-refractivity contribution is 7.94. The van der Waals surface area contributed by atoms with Crippen LogP contribution in [0.1, 0.15) is 5.56 Å². The van der Waals surface area contributed by atoms with Crippen LogP contribution in [0.5, 0.6) is 0 Å². The normalized spacial score (nSPS) is 11.3. The van der Waals surface area contributed by atoms with Gasteiger partial charge in [-0.3, -0.25) is 4.72 Å². The van der Waals surface area contributed by atoms with Gasteiger partial charge in [0.2, 0.25) is 0 Å². The summed E-state index contributed by atoms with van der Waals surface area (Å²) in [6, 6.07) is 8.17. The summed E-state index contributed by atoms with van der Waals surface area (Å²) < 4.78 is 27.0. The van der Waals surface area contributed by atoms with Crippen molar-refractivity contribution in [2.24, 2.45) is 0 Å². The Balaban J connectivity index is 2.27. The number of nitrogens with one attached hydrogen (secondary N) is 1. The largest absolute Gasteiger partial charge is 0.279 e. The van der Waals surface area contributed by atoms with Crippen LogP contribution < -0.4 is 4.72 Å². The number of benzene rings is 1. The molecule has 0 saturated carbocycles. The molecule has 100 valence electrons. The minimum absolute atomic E-state index is 0.0790. The van der Waals surface area contributed by atoms with Gasteiger partial charge in [-0.1, -0.05) is 48.0 Å². The van der Waals surface area contributed by atoms with E-state index in [-0.39, 0.29) is 13.6 Å². The molecule has 3 nitrogen and oxygen atoms in total. The molecule has 0 unspecified atom stereocenters. The maximum absolute atomic E-state index is 12.1. The lowest BCUT2D eigenvalue weighted by atomic mass is 10.2. The molecular formula is C12H9Cl2NO2S2. The van der Waals surface area contributed by atoms with Crippen molar-refractivity contribution in [1.29, 1.82) is 0 Å². The summed E-state index contributed by atoms with van der Waals surface area (Å²) in [7, 11) is -3.66. The molecule has 19 heavy (non-hydrogen) atoms. The topological polar surface area (TPSA) is 46.2 Å². The predicted molar refractivity (Wildman–Crippen MR) is 81.7 cm³/mol. The first-order valence-corrected chi connectivity index (χ1v) is 8.18. The molecule has 1 aromatic heterocycles. The first-order valence-electron chi connectivity index (χ1n) is 5.12. The Morgan fingerprint density at radius 2 is 1.84 bits per heavy atom. The zero-order valence-corrected chi connectivity index (χ0v) is 12.7. The Bertz CT molecular complexity index is 686. The van der Waals surface area contributed by atoms with Crippen molar-refractivity contribution in [2.75, 3.05) is 4.72 Å². The molecule has 0 fully saturated rings. The van der Waals surface area contributed by atoms with Gasteiger partial charge in [-0.25, -0.2) is 8.42 Å². The van der Waals surface area contributed by atoms with Gasteiger partial charge < -0.3 is 0 Å². The van der Waals surface area contributed by atoms with Gasteiger partial charge in [0.25, 0.3) is 10.0 Å². The second-order valence-corrected chi connectivity index (χ2v) is 7.59. The van der Waals surface area contributed by atoms with Crippen molar-refractivity contribution in [3.05, 3.63) is 51.8 Å². The zero-order valence-electron chi connectivity index (χ0n) is 9.56. The smallest absolute Gasteiger partial charge is 0.271 e. The average molecular weight is 334 g/mol. The first kappa shape index (κ1) is 14.4. The van der Waals surface area contributed by atoms with Gasteiger partial charge in [0.15, 0.2) is 0 Å². The Morgan fingerprint density at radius 3 is 2.32 bits per heavy atom. The summed E-state index contributed by atoms with van der Waals surface area (Å²) in [6.07, 6.45) is 1.68. The molecule has 0 saturated heterocycles. The first-order chi connectivity index (χ1) is 8.92. The van der Waals surface area contributed by atoms with Crippen LogP contribution in [0, 0.1) is 0 Å². The lowest BCUT2D eigenvalue weighted by Gasteiger charge is -2.06. The van der Waals surface area contributed by atoms with Gasteiger partial charge in [0.1, 0.15) is 8.55 Å². The number of halogens is 2. The quantitative estimate of drug-likeness (QED) is 0.895. The maximum atomic E-state index is 12.1. The van der Waals surface area contributed by atoms with Crippen molar-refractivity contribution in [1.82, 2.24) is 0 Å². The van der Waals surface area contributed by atoms with Crippen LogP contribution in [-0.2, 0) is 10.0 Å². The summed E-state index contributed by atoms with van der Waals surface area (Å²) in [5.74, 6) is 0. The molecule has 1 N–H and O–H groups in total. The number of hydrogen-bond acceptors (Lipinski definition) is 3. The molecule has 7 heteroatoms. The minimum atomic E-state index is -3.66. The van der Waals surface area contributed by atoms with Crippen LogP contribution in [0.2, 0.25) is 9.36 Å². The predicted octanol–water partition coefficient (Wildman–Crippen LogP) is 4.50. The van der Waals surface area contributed by atoms with Crippen LogP contribution >= 0.6 is 34.5 Å². The molecule has 1 heterocycles. The Kier molecular flexibility index (Phi) is 4.20. The highest BCUT2D eigenvalue weighted by Gasteiger charge is 2.19. The van der Waals surface area contributed by atoms with Crippen molar-refractivity contribution in [3.63, 3.8) is 0 Å². The summed E-state index contributed by atoms with van der Waals surface area (Å²) in [5.41, 5.74) is 1.37. The zero-order chi connectivity index (χ0) is 14.0. The minimum Gasteiger partial charge on any atom is -0.279 e. The van der Waals surface area contributed by atoms with Crippen LogP contribution in [-0.4, -0.2) is 8.42 Å². The fraction of sp³-hybridized carbons (Fsp3) is 0. The van der Waals surface area contributed by atoms with E-state index in [0.29, 0.717) is 5.69 Å². The van der Waals surface area contributed by atoms with E-state index in [1.807, 2.05) is 0 Å². The second-order valence-electron chi connectivity index (χ2n) is 3.62. The van der Waals surface area contributed by atoms with Gasteiger partial charge in [0, 0.05) is 5.69 Å². The third-order valence-corrected chi connectivity index (χ3v) is 6.01. The highest BCUT2D eigenvalue weighted by Crippen LogP contribution is 2.34. The van der Waals surface area contributed by atoms with Crippen LogP contribution in [0.4, 0.5) is 5.69 Å². The lowest BCUT2D eigenvalue weighted by molar-refractivity contribution is 0.603. The Morgan fingerprint density at radius 1 is 1.21 bits per heavy atom. The van der Waals surface area contributed by atoms with Crippen LogP contribution in [0.15, 0.2) is 41.1 Å². The molecule has 1 aromatic carbocycles. The highest BCUT2D eigenvalue weighted by atomic mass is 35.5. The molecule has 0 aliphatic rings. The third-order valence-electron chi connectivity index (χ3n) is 2.29. The van der Waals surface area contributed by atoms with E-state index in [0.717, 1.165) is 16.9 Å². The molecule has 2 rings (SSSR count). The molecule has 2 aromatic rings. The fourth-order valence-electron chi connectivity index (χ4n) is 1.35. The van der Waals surface area contributed by atoms with Gasteiger partial charge >= 0.3 is 0 Å². The van der Waals surface area contributed by atoms with Gasteiger partial charge in [0.05, 0.1) is 5.02 Å². The van der Waals surface area contributed by atoms with Crippen molar-refractivity contribution < 1.29 is 8.42 Å². The average Bonchev–Trinajstić information content (AvgIpc) is 2.71. The van der Waals surface area contributed by atoms with Crippen LogP contribution in [0.3, 0.4) is 0 Å². The number of rotatable bonds is 4. The van der Waals surface area contributed by atoms with E-state index < -0.39 is 10.0 Å². The molecule has 0 bridgehead atoms. The third kappa shape index (κ3) is 3.30. The standard InChI is InChI=1S/C12H9Cl2NO2S2/c1-2-8-3-5-9(6-4-8)15-19(16,17)11-7-10(13)12(14)18-11/h2-7,15H,1H2.